The molecule has 1 aliphatic carbocycles. The number of carbonyl (C=O) groups excluding carboxylic acids is 2. The number of sulfonamides is 1. The fourth-order valence-corrected chi connectivity index (χ4v) is 6.48. The van der Waals surface area contributed by atoms with Gasteiger partial charge in [-0.1, -0.05) is 72.5 Å². The lowest BCUT2D eigenvalue weighted by Gasteiger charge is -2.32. The van der Waals surface area contributed by atoms with Crippen molar-refractivity contribution in [2.75, 3.05) is 17.4 Å². The van der Waals surface area contributed by atoms with Gasteiger partial charge in [0.25, 0.3) is 10.0 Å². The van der Waals surface area contributed by atoms with Crippen LogP contribution < -0.4 is 9.62 Å². The minimum absolute atomic E-state index is 0.0729. The Kier molecular flexibility index (Phi) is 9.87. The summed E-state index contributed by atoms with van der Waals surface area (Å²) in [5, 5.41) is 3.53. The number of benzene rings is 3. The van der Waals surface area contributed by atoms with Gasteiger partial charge in [0.15, 0.2) is 0 Å². The third-order valence-corrected chi connectivity index (χ3v) is 9.40. The van der Waals surface area contributed by atoms with Crippen molar-refractivity contribution >= 4 is 39.1 Å². The molecule has 0 bridgehead atoms. The van der Waals surface area contributed by atoms with E-state index < -0.39 is 28.5 Å². The minimum atomic E-state index is -4.10. The summed E-state index contributed by atoms with van der Waals surface area (Å²) >= 11 is 6.08. The highest BCUT2D eigenvalue weighted by Crippen LogP contribution is 2.26. The van der Waals surface area contributed by atoms with Gasteiger partial charge in [-0.25, -0.2) is 8.42 Å². The van der Waals surface area contributed by atoms with Crippen molar-refractivity contribution in [2.45, 2.75) is 62.9 Å². The van der Waals surface area contributed by atoms with E-state index >= 15 is 0 Å². The average molecular weight is 582 g/mol. The van der Waals surface area contributed by atoms with E-state index in [4.69, 9.17) is 11.6 Å². The van der Waals surface area contributed by atoms with Gasteiger partial charge in [-0.3, -0.25) is 13.9 Å². The van der Waals surface area contributed by atoms with Crippen LogP contribution in [-0.2, 0) is 26.0 Å². The number of nitrogens with one attached hydrogen (secondary N) is 1. The van der Waals surface area contributed by atoms with Gasteiger partial charge >= 0.3 is 0 Å². The first-order valence-electron chi connectivity index (χ1n) is 13.6. The molecule has 3 aromatic rings. The SMILES string of the molecule is Cc1ccc(S(=O)(=O)N(CC(=O)N(CCc2ccccc2)[C@@H](C)C(=O)NC2CCCC2)c2ccc(Cl)cc2)cc1. The number of halogens is 1. The Morgan fingerprint density at radius 3 is 2.20 bits per heavy atom. The number of hydrogen-bond donors (Lipinski definition) is 1. The van der Waals surface area contributed by atoms with E-state index in [1.165, 1.54) is 17.0 Å². The number of anilines is 1. The van der Waals surface area contributed by atoms with Gasteiger partial charge in [0.2, 0.25) is 11.8 Å². The molecular formula is C31H36ClN3O4S. The van der Waals surface area contributed by atoms with Crippen LogP contribution in [0.5, 0.6) is 0 Å². The van der Waals surface area contributed by atoms with Crippen LogP contribution in [0.1, 0.15) is 43.7 Å². The van der Waals surface area contributed by atoms with Gasteiger partial charge in [-0.05, 0) is 75.1 Å². The van der Waals surface area contributed by atoms with Crippen molar-refractivity contribution in [2.24, 2.45) is 0 Å². The molecule has 9 heteroatoms. The maximum absolute atomic E-state index is 13.9. The first-order valence-corrected chi connectivity index (χ1v) is 15.5. The van der Waals surface area contributed by atoms with Crippen molar-refractivity contribution < 1.29 is 18.0 Å². The van der Waals surface area contributed by atoms with Crippen LogP contribution in [0.3, 0.4) is 0 Å². The van der Waals surface area contributed by atoms with Gasteiger partial charge in [0.1, 0.15) is 12.6 Å². The molecule has 0 heterocycles. The molecule has 1 saturated carbocycles. The fraction of sp³-hybridized carbons (Fsp3) is 0.355. The zero-order valence-electron chi connectivity index (χ0n) is 22.9. The van der Waals surface area contributed by atoms with Gasteiger partial charge < -0.3 is 10.2 Å². The molecule has 0 saturated heterocycles. The Labute approximate surface area is 242 Å². The molecule has 1 N–H and O–H groups in total. The molecule has 1 fully saturated rings. The Hall–Kier alpha value is -3.36. The van der Waals surface area contributed by atoms with Gasteiger partial charge in [-0.2, -0.15) is 0 Å². The predicted octanol–water partition coefficient (Wildman–Crippen LogP) is 5.36. The second-order valence-corrected chi connectivity index (χ2v) is 12.6. The molecule has 40 heavy (non-hydrogen) atoms. The summed E-state index contributed by atoms with van der Waals surface area (Å²) in [7, 11) is -4.10. The van der Waals surface area contributed by atoms with Crippen molar-refractivity contribution in [3.05, 3.63) is 95.0 Å². The fourth-order valence-electron chi connectivity index (χ4n) is 4.94. The molecule has 0 radical (unpaired) electrons. The van der Waals surface area contributed by atoms with E-state index in [9.17, 15) is 18.0 Å². The van der Waals surface area contributed by atoms with Crippen LogP contribution in [0.2, 0.25) is 5.02 Å². The molecule has 0 unspecified atom stereocenters. The summed E-state index contributed by atoms with van der Waals surface area (Å²) in [6.45, 7) is 3.38. The highest BCUT2D eigenvalue weighted by Gasteiger charge is 2.33. The van der Waals surface area contributed by atoms with E-state index in [0.29, 0.717) is 17.1 Å². The average Bonchev–Trinajstić information content (AvgIpc) is 3.46. The summed E-state index contributed by atoms with van der Waals surface area (Å²) in [4.78, 5) is 28.8. The summed E-state index contributed by atoms with van der Waals surface area (Å²) in [5.41, 5.74) is 2.25. The van der Waals surface area contributed by atoms with E-state index in [0.717, 1.165) is 41.1 Å². The van der Waals surface area contributed by atoms with Gasteiger partial charge in [0.05, 0.1) is 10.6 Å². The molecule has 212 valence electrons. The summed E-state index contributed by atoms with van der Waals surface area (Å²) in [6.07, 6.45) is 4.52. The smallest absolute Gasteiger partial charge is 0.264 e. The predicted molar refractivity (Wildman–Crippen MR) is 159 cm³/mol. The molecule has 7 nitrogen and oxygen atoms in total. The third kappa shape index (κ3) is 7.43. The van der Waals surface area contributed by atoms with Crippen molar-refractivity contribution in [1.82, 2.24) is 10.2 Å². The minimum Gasteiger partial charge on any atom is -0.352 e. The molecule has 0 spiro atoms. The molecular weight excluding hydrogens is 546 g/mol. The summed E-state index contributed by atoms with van der Waals surface area (Å²) < 4.78 is 28.8. The number of aryl methyl sites for hydroxylation is 1. The number of rotatable bonds is 11. The highest BCUT2D eigenvalue weighted by atomic mass is 35.5. The monoisotopic (exact) mass is 581 g/mol. The van der Waals surface area contributed by atoms with Gasteiger partial charge in [-0.15, -0.1) is 0 Å². The first kappa shape index (κ1) is 29.6. The summed E-state index contributed by atoms with van der Waals surface area (Å²) in [5.74, 6) is -0.691. The molecule has 4 rings (SSSR count). The van der Waals surface area contributed by atoms with Crippen LogP contribution in [0.15, 0.2) is 83.8 Å². The van der Waals surface area contributed by atoms with Crippen LogP contribution in [0, 0.1) is 6.92 Å². The third-order valence-electron chi connectivity index (χ3n) is 7.36. The molecule has 0 aliphatic heterocycles. The number of hydrogen-bond acceptors (Lipinski definition) is 4. The lowest BCUT2D eigenvalue weighted by Crippen LogP contribution is -2.53. The zero-order valence-corrected chi connectivity index (χ0v) is 24.5. The molecule has 1 aliphatic rings. The Morgan fingerprint density at radius 1 is 0.950 bits per heavy atom. The van der Waals surface area contributed by atoms with Crippen molar-refractivity contribution in [3.8, 4) is 0 Å². The quantitative estimate of drug-likeness (QED) is 0.330. The zero-order chi connectivity index (χ0) is 28.7. The Morgan fingerprint density at radius 2 is 1.57 bits per heavy atom. The van der Waals surface area contributed by atoms with E-state index in [1.54, 1.807) is 43.3 Å². The van der Waals surface area contributed by atoms with Crippen molar-refractivity contribution in [1.29, 1.82) is 0 Å². The largest absolute Gasteiger partial charge is 0.352 e. The second kappa shape index (κ2) is 13.3. The van der Waals surface area contributed by atoms with Crippen LogP contribution in [0.4, 0.5) is 5.69 Å². The highest BCUT2D eigenvalue weighted by molar-refractivity contribution is 7.92. The van der Waals surface area contributed by atoms with Crippen LogP contribution in [0.25, 0.3) is 0 Å². The van der Waals surface area contributed by atoms with E-state index in [1.807, 2.05) is 37.3 Å². The molecule has 3 aromatic carbocycles. The van der Waals surface area contributed by atoms with Crippen LogP contribution >= 0.6 is 11.6 Å². The van der Waals surface area contributed by atoms with E-state index in [-0.39, 0.29) is 23.4 Å². The summed E-state index contributed by atoms with van der Waals surface area (Å²) in [6, 6.07) is 21.9. The standard InChI is InChI=1S/C31H36ClN3O4S/c1-23-12-18-29(19-13-23)40(38,39)35(28-16-14-26(32)15-17-28)22-30(36)34(21-20-25-8-4-3-5-9-25)24(2)31(37)33-27-10-6-7-11-27/h3-5,8-9,12-19,24,27H,6-7,10-11,20-22H2,1-2H3,(H,33,37)/t24-/m0/s1. The Balaban J connectivity index is 1.63. The molecule has 2 amide bonds. The first-order chi connectivity index (χ1) is 19.1. The number of carbonyl (C=O) groups is 2. The lowest BCUT2D eigenvalue weighted by atomic mass is 10.1. The van der Waals surface area contributed by atoms with Crippen LogP contribution in [-0.4, -0.2) is 50.3 Å². The van der Waals surface area contributed by atoms with Gasteiger partial charge in [0, 0.05) is 17.6 Å². The number of amides is 2. The molecule has 1 atom stereocenters. The maximum atomic E-state index is 13.9. The Bertz CT molecular complexity index is 1390. The van der Waals surface area contributed by atoms with Crippen molar-refractivity contribution in [3.63, 3.8) is 0 Å². The lowest BCUT2D eigenvalue weighted by molar-refractivity contribution is -0.139. The van der Waals surface area contributed by atoms with E-state index in [2.05, 4.69) is 5.32 Å². The second-order valence-electron chi connectivity index (χ2n) is 10.3. The topological polar surface area (TPSA) is 86.8 Å². The molecule has 0 aromatic heterocycles. The normalized spacial score (nSPS) is 14.5. The maximum Gasteiger partial charge on any atom is 0.264 e. The number of nitrogens with zero attached hydrogens (tertiary/aromatic N) is 2.